The Morgan fingerprint density at radius 1 is 1.37 bits per heavy atom. The van der Waals surface area contributed by atoms with Crippen LogP contribution in [0.15, 0.2) is 30.3 Å². The van der Waals surface area contributed by atoms with Gasteiger partial charge in [-0.1, -0.05) is 37.3 Å². The van der Waals surface area contributed by atoms with Gasteiger partial charge < -0.3 is 5.11 Å². The zero-order valence-electron chi connectivity index (χ0n) is 10.9. The third-order valence-corrected chi connectivity index (χ3v) is 4.97. The smallest absolute Gasteiger partial charge is 0.230 e. The van der Waals surface area contributed by atoms with Crippen LogP contribution in [0.4, 0.5) is 0 Å². The van der Waals surface area contributed by atoms with Gasteiger partial charge in [0.15, 0.2) is 5.25 Å². The van der Waals surface area contributed by atoms with Crippen molar-refractivity contribution in [2.75, 3.05) is 13.2 Å². The summed E-state index contributed by atoms with van der Waals surface area (Å²) in [6, 6.07) is 10.9. The molecule has 1 aromatic rings. The molecule has 0 saturated carbocycles. The number of aliphatic hydroxyl groups is 1. The molecule has 0 aliphatic rings. The maximum Gasteiger partial charge on any atom is 0.230 e. The van der Waals surface area contributed by atoms with E-state index in [1.165, 1.54) is 4.31 Å². The van der Waals surface area contributed by atoms with Crippen molar-refractivity contribution in [1.82, 2.24) is 4.31 Å². The minimum Gasteiger partial charge on any atom is -0.395 e. The summed E-state index contributed by atoms with van der Waals surface area (Å²) in [5.41, 5.74) is 0.826. The molecule has 0 aliphatic heterocycles. The number of sulfonamides is 1. The lowest BCUT2D eigenvalue weighted by Crippen LogP contribution is -2.39. The Hall–Kier alpha value is -1.42. The highest BCUT2D eigenvalue weighted by molar-refractivity contribution is 7.89. The molecular formula is C13H18N2O3S. The van der Waals surface area contributed by atoms with Gasteiger partial charge in [0.1, 0.15) is 0 Å². The average molecular weight is 282 g/mol. The van der Waals surface area contributed by atoms with Gasteiger partial charge in [0.2, 0.25) is 10.0 Å². The molecule has 1 unspecified atom stereocenters. The molecule has 0 aliphatic carbocycles. The second-order valence-corrected chi connectivity index (χ2v) is 6.23. The molecule has 0 spiro atoms. The molecule has 104 valence electrons. The monoisotopic (exact) mass is 282 g/mol. The van der Waals surface area contributed by atoms with Crippen LogP contribution in [0.25, 0.3) is 0 Å². The van der Waals surface area contributed by atoms with Crippen LogP contribution in [-0.2, 0) is 16.6 Å². The van der Waals surface area contributed by atoms with Crippen molar-refractivity contribution in [3.8, 4) is 6.07 Å². The molecule has 19 heavy (non-hydrogen) atoms. The molecule has 6 heteroatoms. The van der Waals surface area contributed by atoms with Gasteiger partial charge >= 0.3 is 0 Å². The molecule has 0 bridgehead atoms. The SMILES string of the molecule is CCC(C#N)S(=O)(=O)N(CCO)Cc1ccccc1. The van der Waals surface area contributed by atoms with Gasteiger partial charge in [-0.3, -0.25) is 0 Å². The lowest BCUT2D eigenvalue weighted by Gasteiger charge is -2.23. The van der Waals surface area contributed by atoms with Crippen molar-refractivity contribution in [2.24, 2.45) is 0 Å². The molecule has 0 saturated heterocycles. The highest BCUT2D eigenvalue weighted by Gasteiger charge is 2.30. The van der Waals surface area contributed by atoms with Crippen molar-refractivity contribution in [1.29, 1.82) is 5.26 Å². The second-order valence-electron chi connectivity index (χ2n) is 4.11. The Balaban J connectivity index is 2.98. The minimum absolute atomic E-state index is 0.00456. The Morgan fingerprint density at radius 3 is 2.47 bits per heavy atom. The topological polar surface area (TPSA) is 81.4 Å². The Morgan fingerprint density at radius 2 is 2.00 bits per heavy atom. The summed E-state index contributed by atoms with van der Waals surface area (Å²) in [6.07, 6.45) is 0.232. The third kappa shape index (κ3) is 4.03. The standard InChI is InChI=1S/C13H18N2O3S/c1-2-13(10-14)19(17,18)15(8-9-16)11-12-6-4-3-5-7-12/h3-7,13,16H,2,8-9,11H2,1H3. The second kappa shape index (κ2) is 7.24. The Kier molecular flexibility index (Phi) is 5.96. The van der Waals surface area contributed by atoms with Crippen LogP contribution in [0.2, 0.25) is 0 Å². The number of hydrogen-bond acceptors (Lipinski definition) is 4. The summed E-state index contributed by atoms with van der Waals surface area (Å²) in [5.74, 6) is 0. The Bertz CT molecular complexity index is 523. The summed E-state index contributed by atoms with van der Waals surface area (Å²) in [5, 5.41) is 16.9. The first-order chi connectivity index (χ1) is 9.06. The molecule has 1 atom stereocenters. The summed E-state index contributed by atoms with van der Waals surface area (Å²) < 4.78 is 25.7. The first kappa shape index (κ1) is 15.6. The van der Waals surface area contributed by atoms with E-state index in [9.17, 15) is 8.42 Å². The normalized spacial score (nSPS) is 13.2. The van der Waals surface area contributed by atoms with Gasteiger partial charge in [-0.15, -0.1) is 0 Å². The van der Waals surface area contributed by atoms with E-state index < -0.39 is 15.3 Å². The summed E-state index contributed by atoms with van der Waals surface area (Å²) in [7, 11) is -3.71. The molecule has 0 radical (unpaired) electrons. The zero-order valence-corrected chi connectivity index (χ0v) is 11.7. The van der Waals surface area contributed by atoms with E-state index in [4.69, 9.17) is 10.4 Å². The Labute approximate surface area is 114 Å². The average Bonchev–Trinajstić information content (AvgIpc) is 2.40. The summed E-state index contributed by atoms with van der Waals surface area (Å²) in [4.78, 5) is 0. The van der Waals surface area contributed by atoms with Crippen molar-refractivity contribution in [3.05, 3.63) is 35.9 Å². The van der Waals surface area contributed by atoms with Gasteiger partial charge in [0.05, 0.1) is 12.7 Å². The van der Waals surface area contributed by atoms with Crippen molar-refractivity contribution in [2.45, 2.75) is 25.1 Å². The summed E-state index contributed by atoms with van der Waals surface area (Å²) in [6.45, 7) is 1.55. The molecule has 1 aromatic carbocycles. The van der Waals surface area contributed by atoms with Crippen LogP contribution in [-0.4, -0.2) is 36.2 Å². The predicted octanol–water partition coefficient (Wildman–Crippen LogP) is 1.11. The first-order valence-electron chi connectivity index (χ1n) is 6.09. The van der Waals surface area contributed by atoms with E-state index in [0.29, 0.717) is 0 Å². The quantitative estimate of drug-likeness (QED) is 0.812. The van der Waals surface area contributed by atoms with Gasteiger partial charge in [0, 0.05) is 13.1 Å². The van der Waals surface area contributed by atoms with Crippen LogP contribution < -0.4 is 0 Å². The van der Waals surface area contributed by atoms with Crippen LogP contribution in [0.3, 0.4) is 0 Å². The van der Waals surface area contributed by atoms with Gasteiger partial charge in [-0.05, 0) is 12.0 Å². The van der Waals surface area contributed by atoms with Crippen molar-refractivity contribution >= 4 is 10.0 Å². The van der Waals surface area contributed by atoms with Crippen molar-refractivity contribution in [3.63, 3.8) is 0 Å². The molecule has 0 aromatic heterocycles. The molecule has 0 fully saturated rings. The van der Waals surface area contributed by atoms with Crippen molar-refractivity contribution < 1.29 is 13.5 Å². The molecule has 0 amide bonds. The first-order valence-corrected chi connectivity index (χ1v) is 7.60. The predicted molar refractivity (Wildman–Crippen MR) is 72.5 cm³/mol. The fraction of sp³-hybridized carbons (Fsp3) is 0.462. The maximum atomic E-state index is 12.3. The van der Waals surface area contributed by atoms with E-state index in [1.807, 2.05) is 30.3 Å². The molecule has 5 nitrogen and oxygen atoms in total. The lowest BCUT2D eigenvalue weighted by atomic mass is 10.2. The van der Waals surface area contributed by atoms with E-state index in [0.717, 1.165) is 5.56 Å². The van der Waals surface area contributed by atoms with Gasteiger partial charge in [-0.25, -0.2) is 8.42 Å². The minimum atomic E-state index is -3.71. The number of rotatable bonds is 7. The number of nitrogens with zero attached hydrogens (tertiary/aromatic N) is 2. The van der Waals surface area contributed by atoms with Crippen LogP contribution >= 0.6 is 0 Å². The van der Waals surface area contributed by atoms with E-state index in [2.05, 4.69) is 0 Å². The van der Waals surface area contributed by atoms with E-state index in [1.54, 1.807) is 13.0 Å². The van der Waals surface area contributed by atoms with Crippen LogP contribution in [0.5, 0.6) is 0 Å². The van der Waals surface area contributed by atoms with Crippen LogP contribution in [0, 0.1) is 11.3 Å². The van der Waals surface area contributed by atoms with Gasteiger partial charge in [-0.2, -0.15) is 9.57 Å². The van der Waals surface area contributed by atoms with E-state index in [-0.39, 0.29) is 26.1 Å². The molecule has 0 heterocycles. The molecular weight excluding hydrogens is 264 g/mol. The largest absolute Gasteiger partial charge is 0.395 e. The number of hydrogen-bond donors (Lipinski definition) is 1. The maximum absolute atomic E-state index is 12.3. The summed E-state index contributed by atoms with van der Waals surface area (Å²) >= 11 is 0. The zero-order chi connectivity index (χ0) is 14.3. The highest BCUT2D eigenvalue weighted by atomic mass is 32.2. The molecule has 1 N–H and O–H groups in total. The van der Waals surface area contributed by atoms with Crippen LogP contribution in [0.1, 0.15) is 18.9 Å². The molecule has 1 rings (SSSR count). The number of nitriles is 1. The fourth-order valence-corrected chi connectivity index (χ4v) is 3.32. The highest BCUT2D eigenvalue weighted by Crippen LogP contribution is 2.15. The number of benzene rings is 1. The van der Waals surface area contributed by atoms with E-state index >= 15 is 0 Å². The fourth-order valence-electron chi connectivity index (χ4n) is 1.74. The number of aliphatic hydroxyl groups excluding tert-OH is 1. The lowest BCUT2D eigenvalue weighted by molar-refractivity contribution is 0.250. The third-order valence-electron chi connectivity index (χ3n) is 2.79. The van der Waals surface area contributed by atoms with Gasteiger partial charge in [0.25, 0.3) is 0 Å².